The molecule has 2 aliphatic carbocycles. The number of alkyl halides is 2. The summed E-state index contributed by atoms with van der Waals surface area (Å²) in [6, 6.07) is 5.21. The lowest BCUT2D eigenvalue weighted by Crippen LogP contribution is -2.58. The summed E-state index contributed by atoms with van der Waals surface area (Å²) in [7, 11) is 1.44. The lowest BCUT2D eigenvalue weighted by molar-refractivity contribution is -0.137. The third kappa shape index (κ3) is 3.09. The summed E-state index contributed by atoms with van der Waals surface area (Å²) in [5.74, 6) is 0.852. The predicted octanol–water partition coefficient (Wildman–Crippen LogP) is 4.32. The lowest BCUT2D eigenvalue weighted by atomic mass is 9.58. The average Bonchev–Trinajstić information content (AvgIpc) is 3.14. The minimum absolute atomic E-state index is 0.0132. The Bertz CT molecular complexity index is 799. The van der Waals surface area contributed by atoms with Gasteiger partial charge in [0.05, 0.1) is 13.2 Å². The van der Waals surface area contributed by atoms with Crippen molar-refractivity contribution in [1.29, 1.82) is 0 Å². The van der Waals surface area contributed by atoms with E-state index in [0.29, 0.717) is 18.1 Å². The summed E-state index contributed by atoms with van der Waals surface area (Å²) < 4.78 is 42.6. The zero-order chi connectivity index (χ0) is 21.0. The number of fused-ring (bicyclic) bond motifs is 1. The van der Waals surface area contributed by atoms with Gasteiger partial charge in [-0.3, -0.25) is 4.79 Å². The van der Waals surface area contributed by atoms with E-state index < -0.39 is 6.61 Å². The predicted molar refractivity (Wildman–Crippen MR) is 103 cm³/mol. The van der Waals surface area contributed by atoms with Crippen molar-refractivity contribution in [2.24, 2.45) is 22.7 Å². The molecule has 2 bridgehead atoms. The second-order valence-electron chi connectivity index (χ2n) is 9.23. The Labute approximate surface area is 170 Å². The number of benzene rings is 1. The Kier molecular flexibility index (Phi) is 5.00. The molecule has 5 atom stereocenters. The maximum absolute atomic E-state index is 13.1. The van der Waals surface area contributed by atoms with Crippen molar-refractivity contribution in [2.45, 2.75) is 58.8 Å². The van der Waals surface area contributed by atoms with Crippen LogP contribution in [-0.2, 0) is 9.53 Å². The van der Waals surface area contributed by atoms with Crippen molar-refractivity contribution >= 4 is 5.91 Å². The summed E-state index contributed by atoms with van der Waals surface area (Å²) >= 11 is 0. The molecule has 0 radical (unpaired) electrons. The number of amides is 1. The van der Waals surface area contributed by atoms with Crippen LogP contribution in [-0.4, -0.2) is 32.3 Å². The molecule has 1 heterocycles. The van der Waals surface area contributed by atoms with Crippen LogP contribution in [0.15, 0.2) is 18.2 Å². The van der Waals surface area contributed by atoms with Gasteiger partial charge in [0.25, 0.3) is 0 Å². The van der Waals surface area contributed by atoms with Crippen LogP contribution >= 0.6 is 0 Å². The lowest BCUT2D eigenvalue weighted by Gasteiger charge is -2.53. The zero-order valence-corrected chi connectivity index (χ0v) is 17.3. The van der Waals surface area contributed by atoms with E-state index in [4.69, 9.17) is 14.2 Å². The molecular weight excluding hydrogens is 380 g/mol. The maximum Gasteiger partial charge on any atom is 0.387 e. The summed E-state index contributed by atoms with van der Waals surface area (Å²) in [6.07, 6.45) is 2.45. The number of methoxy groups -OCH3 is 1. The largest absolute Gasteiger partial charge is 0.493 e. The summed E-state index contributed by atoms with van der Waals surface area (Å²) in [5, 5.41) is 3.22. The molecule has 0 unspecified atom stereocenters. The summed E-state index contributed by atoms with van der Waals surface area (Å²) in [5.41, 5.74) is 0.481. The molecule has 1 aromatic carbocycles. The average molecular weight is 409 g/mol. The Morgan fingerprint density at radius 1 is 1.34 bits per heavy atom. The minimum atomic E-state index is -2.95. The zero-order valence-electron chi connectivity index (χ0n) is 17.3. The number of hydrogen-bond donors (Lipinski definition) is 1. The van der Waals surface area contributed by atoms with Crippen LogP contribution in [0.2, 0.25) is 0 Å². The molecule has 7 heteroatoms. The van der Waals surface area contributed by atoms with Crippen molar-refractivity contribution in [2.75, 3.05) is 13.7 Å². The fourth-order valence-corrected chi connectivity index (χ4v) is 6.43. The molecule has 1 N–H and O–H groups in total. The number of carbonyl (C=O) groups excluding carboxylic acids is 1. The molecule has 3 aliphatic rings. The van der Waals surface area contributed by atoms with Crippen molar-refractivity contribution in [3.05, 3.63) is 23.8 Å². The van der Waals surface area contributed by atoms with Gasteiger partial charge in [-0.15, -0.1) is 0 Å². The molecule has 4 rings (SSSR count). The Morgan fingerprint density at radius 3 is 2.76 bits per heavy atom. The maximum atomic E-state index is 13.1. The van der Waals surface area contributed by atoms with E-state index in [0.717, 1.165) is 19.3 Å². The van der Waals surface area contributed by atoms with E-state index in [-0.39, 0.29) is 46.3 Å². The Morgan fingerprint density at radius 2 is 2.10 bits per heavy atom. The molecule has 1 aromatic rings. The standard InChI is InChI=1S/C22H29F2NO4/c1-12(26)25-19-21(2,3)13-10-15-17(28-9-8-22(15,19)11-13)14-6-5-7-16(27-4)18(14)29-20(23)24/h5-7,13,15,17,19-20H,8-11H2,1-4H3,(H,25,26)/t13-,15-,17-,19+,22-/m1/s1. The molecule has 5 nitrogen and oxygen atoms in total. The van der Waals surface area contributed by atoms with Crippen LogP contribution < -0.4 is 14.8 Å². The number of nitrogens with one attached hydrogen (secondary N) is 1. The molecule has 1 aliphatic heterocycles. The van der Waals surface area contributed by atoms with Gasteiger partial charge < -0.3 is 19.5 Å². The second-order valence-corrected chi connectivity index (χ2v) is 9.23. The minimum Gasteiger partial charge on any atom is -0.493 e. The number of rotatable bonds is 5. The smallest absolute Gasteiger partial charge is 0.387 e. The highest BCUT2D eigenvalue weighted by atomic mass is 19.3. The van der Waals surface area contributed by atoms with Gasteiger partial charge in [0.1, 0.15) is 0 Å². The highest BCUT2D eigenvalue weighted by Gasteiger charge is 2.68. The SMILES string of the molecule is COc1cccc([C@H]2OCC[C@@]34C[C@@H](C[C@H]23)C(C)(C)[C@@H]4NC(C)=O)c1OC(F)F. The molecule has 29 heavy (non-hydrogen) atoms. The van der Waals surface area contributed by atoms with Crippen molar-refractivity contribution in [3.8, 4) is 11.5 Å². The molecule has 1 spiro atoms. The van der Waals surface area contributed by atoms with Crippen LogP contribution in [0.5, 0.6) is 11.5 Å². The van der Waals surface area contributed by atoms with Gasteiger partial charge in [0.15, 0.2) is 11.5 Å². The third-order valence-electron chi connectivity index (χ3n) is 7.60. The first kappa shape index (κ1) is 20.4. The number of hydrogen-bond acceptors (Lipinski definition) is 4. The van der Waals surface area contributed by atoms with Gasteiger partial charge in [0.2, 0.25) is 5.91 Å². The Hall–Kier alpha value is -1.89. The van der Waals surface area contributed by atoms with Crippen molar-refractivity contribution in [3.63, 3.8) is 0 Å². The molecule has 2 saturated carbocycles. The van der Waals surface area contributed by atoms with Crippen molar-refractivity contribution < 1.29 is 27.8 Å². The highest BCUT2D eigenvalue weighted by Crippen LogP contribution is 2.71. The van der Waals surface area contributed by atoms with E-state index in [1.54, 1.807) is 25.1 Å². The molecular formula is C22H29F2NO4. The molecule has 160 valence electrons. The number of para-hydroxylation sites is 1. The topological polar surface area (TPSA) is 56.8 Å². The van der Waals surface area contributed by atoms with Gasteiger partial charge in [-0.2, -0.15) is 8.78 Å². The molecule has 3 fully saturated rings. The summed E-state index contributed by atoms with van der Waals surface area (Å²) in [6.45, 7) is 3.58. The van der Waals surface area contributed by atoms with E-state index in [2.05, 4.69) is 19.2 Å². The first-order valence-electron chi connectivity index (χ1n) is 10.2. The number of halogens is 2. The van der Waals surface area contributed by atoms with Crippen LogP contribution in [0.3, 0.4) is 0 Å². The van der Waals surface area contributed by atoms with E-state index in [1.165, 1.54) is 7.11 Å². The molecule has 0 aromatic heterocycles. The van der Waals surface area contributed by atoms with Crippen LogP contribution in [0.25, 0.3) is 0 Å². The fraction of sp³-hybridized carbons (Fsp3) is 0.682. The summed E-state index contributed by atoms with van der Waals surface area (Å²) in [4.78, 5) is 12.0. The van der Waals surface area contributed by atoms with E-state index >= 15 is 0 Å². The number of carbonyl (C=O) groups is 1. The first-order chi connectivity index (χ1) is 13.7. The first-order valence-corrected chi connectivity index (χ1v) is 10.2. The van der Waals surface area contributed by atoms with E-state index in [1.807, 2.05) is 0 Å². The van der Waals surface area contributed by atoms with E-state index in [9.17, 15) is 13.6 Å². The normalized spacial score (nSPS) is 34.7. The Balaban J connectivity index is 1.75. The van der Waals surface area contributed by atoms with Crippen molar-refractivity contribution in [1.82, 2.24) is 5.32 Å². The fourth-order valence-electron chi connectivity index (χ4n) is 6.43. The number of ether oxygens (including phenoxy) is 3. The highest BCUT2D eigenvalue weighted by molar-refractivity contribution is 5.73. The van der Waals surface area contributed by atoms with Gasteiger partial charge in [0, 0.05) is 25.1 Å². The van der Waals surface area contributed by atoms with Gasteiger partial charge in [-0.25, -0.2) is 0 Å². The van der Waals surface area contributed by atoms with Crippen LogP contribution in [0, 0.1) is 22.7 Å². The second kappa shape index (κ2) is 7.11. The van der Waals surface area contributed by atoms with Gasteiger partial charge in [-0.05, 0) is 48.0 Å². The van der Waals surface area contributed by atoms with Crippen LogP contribution in [0.1, 0.15) is 51.7 Å². The molecule has 1 amide bonds. The molecule has 1 saturated heterocycles. The monoisotopic (exact) mass is 409 g/mol. The van der Waals surface area contributed by atoms with Crippen LogP contribution in [0.4, 0.5) is 8.78 Å². The van der Waals surface area contributed by atoms with Gasteiger partial charge >= 0.3 is 6.61 Å². The van der Waals surface area contributed by atoms with Gasteiger partial charge in [-0.1, -0.05) is 26.0 Å². The quantitative estimate of drug-likeness (QED) is 0.787. The third-order valence-corrected chi connectivity index (χ3v) is 7.60.